The second kappa shape index (κ2) is 5.39. The number of carbonyl (C=O) groups is 1. The first-order valence-corrected chi connectivity index (χ1v) is 7.26. The maximum Gasteiger partial charge on any atom is 0.410 e. The monoisotopic (exact) mass is 276 g/mol. The number of rotatable bonds is 3. The fourth-order valence-corrected chi connectivity index (χ4v) is 2.49. The van der Waals surface area contributed by atoms with Gasteiger partial charge in [0.25, 0.3) is 0 Å². The van der Waals surface area contributed by atoms with Gasteiger partial charge in [-0.3, -0.25) is 0 Å². The lowest BCUT2D eigenvalue weighted by atomic mass is 10.2. The van der Waals surface area contributed by atoms with Gasteiger partial charge in [-0.1, -0.05) is 35.9 Å². The van der Waals surface area contributed by atoms with Gasteiger partial charge in [-0.15, -0.1) is 0 Å². The van der Waals surface area contributed by atoms with Crippen LogP contribution in [0.5, 0.6) is 0 Å². The van der Waals surface area contributed by atoms with E-state index in [0.717, 1.165) is 5.56 Å². The minimum absolute atomic E-state index is 0.0994. The van der Waals surface area contributed by atoms with E-state index in [1.54, 1.807) is 30.3 Å². The van der Waals surface area contributed by atoms with Gasteiger partial charge in [-0.2, -0.15) is 0 Å². The van der Waals surface area contributed by atoms with Crippen LogP contribution >= 0.6 is 7.60 Å². The molecule has 2 aromatic carbocycles. The molecule has 0 saturated heterocycles. The average Bonchev–Trinajstić information content (AvgIpc) is 2.40. The van der Waals surface area contributed by atoms with Gasteiger partial charge < -0.3 is 9.42 Å². The van der Waals surface area contributed by atoms with Gasteiger partial charge in [0.15, 0.2) is 0 Å². The molecule has 0 aliphatic carbocycles. The number of carbonyl (C=O) groups excluding carboxylic acids is 1. The molecule has 2 rings (SSSR count). The third kappa shape index (κ3) is 3.31. The Morgan fingerprint density at radius 1 is 1.05 bits per heavy atom. The lowest BCUT2D eigenvalue weighted by Gasteiger charge is -2.12. The summed E-state index contributed by atoms with van der Waals surface area (Å²) < 4.78 is 16.7. The minimum Gasteiger partial charge on any atom is -0.385 e. The molecule has 0 aliphatic rings. The van der Waals surface area contributed by atoms with Crippen molar-refractivity contribution in [3.05, 3.63) is 65.7 Å². The fraction of sp³-hybridized carbons (Fsp3) is 0.0714. The Morgan fingerprint density at radius 2 is 1.63 bits per heavy atom. The minimum atomic E-state index is -4.14. The summed E-state index contributed by atoms with van der Waals surface area (Å²) in [5, 5.41) is 0.0994. The molecule has 19 heavy (non-hydrogen) atoms. The van der Waals surface area contributed by atoms with E-state index in [1.807, 2.05) is 6.92 Å². The van der Waals surface area contributed by atoms with E-state index in [0.29, 0.717) is 0 Å². The van der Waals surface area contributed by atoms with Crippen LogP contribution < -0.4 is 5.30 Å². The number of hydrogen-bond donors (Lipinski definition) is 1. The highest BCUT2D eigenvalue weighted by molar-refractivity contribution is 7.61. The van der Waals surface area contributed by atoms with Crippen molar-refractivity contribution in [2.45, 2.75) is 6.92 Å². The maximum absolute atomic E-state index is 12.0. The molecule has 1 unspecified atom stereocenters. The summed E-state index contributed by atoms with van der Waals surface area (Å²) in [5.74, 6) is -0.813. The van der Waals surface area contributed by atoms with Crippen LogP contribution in [0.4, 0.5) is 0 Å². The standard InChI is InChI=1S/C14H13O4P/c1-11-7-9-13(10-8-11)19(16,17)18-14(15)12-5-3-2-4-6-12/h2-10H,1H3,(H,16,17). The topological polar surface area (TPSA) is 63.6 Å². The van der Waals surface area contributed by atoms with Crippen molar-refractivity contribution in [3.63, 3.8) is 0 Å². The van der Waals surface area contributed by atoms with Crippen LogP contribution in [0.25, 0.3) is 0 Å². The Balaban J connectivity index is 2.20. The van der Waals surface area contributed by atoms with Gasteiger partial charge in [0.1, 0.15) is 0 Å². The predicted octanol–water partition coefficient (Wildman–Crippen LogP) is 2.66. The average molecular weight is 276 g/mol. The van der Waals surface area contributed by atoms with Crippen LogP contribution in [0.15, 0.2) is 54.6 Å². The second-order valence-electron chi connectivity index (χ2n) is 4.10. The van der Waals surface area contributed by atoms with Crippen LogP contribution in [-0.2, 0) is 9.09 Å². The molecule has 0 aliphatic heterocycles. The van der Waals surface area contributed by atoms with Crippen molar-refractivity contribution < 1.29 is 18.8 Å². The summed E-state index contributed by atoms with van der Waals surface area (Å²) in [6, 6.07) is 14.5. The van der Waals surface area contributed by atoms with Crippen molar-refractivity contribution in [1.82, 2.24) is 0 Å². The smallest absolute Gasteiger partial charge is 0.385 e. The summed E-state index contributed by atoms with van der Waals surface area (Å²) in [4.78, 5) is 21.6. The van der Waals surface area contributed by atoms with E-state index in [2.05, 4.69) is 0 Å². The van der Waals surface area contributed by atoms with Crippen molar-refractivity contribution in [1.29, 1.82) is 0 Å². The van der Waals surface area contributed by atoms with Crippen LogP contribution in [0.3, 0.4) is 0 Å². The van der Waals surface area contributed by atoms with Crippen LogP contribution in [0.2, 0.25) is 0 Å². The third-order valence-electron chi connectivity index (χ3n) is 2.58. The summed E-state index contributed by atoms with van der Waals surface area (Å²) in [5.41, 5.74) is 1.20. The van der Waals surface area contributed by atoms with E-state index in [1.165, 1.54) is 24.3 Å². The molecule has 2 aromatic rings. The van der Waals surface area contributed by atoms with E-state index in [-0.39, 0.29) is 10.9 Å². The molecule has 0 saturated carbocycles. The Bertz CT molecular complexity index is 620. The zero-order valence-corrected chi connectivity index (χ0v) is 11.2. The van der Waals surface area contributed by atoms with Gasteiger partial charge in [0, 0.05) is 0 Å². The van der Waals surface area contributed by atoms with Gasteiger partial charge in [-0.05, 0) is 31.2 Å². The molecule has 5 heteroatoms. The summed E-state index contributed by atoms with van der Waals surface area (Å²) in [6.07, 6.45) is 0. The lowest BCUT2D eigenvalue weighted by Crippen LogP contribution is -2.11. The Kier molecular flexibility index (Phi) is 3.84. The zero-order valence-electron chi connectivity index (χ0n) is 10.3. The molecule has 0 heterocycles. The Hall–Kier alpha value is -1.90. The third-order valence-corrected chi connectivity index (χ3v) is 3.94. The van der Waals surface area contributed by atoms with E-state index in [4.69, 9.17) is 4.52 Å². The molecular formula is C14H13O4P. The van der Waals surface area contributed by atoms with Gasteiger partial charge in [0.05, 0.1) is 10.9 Å². The molecule has 1 atom stereocenters. The van der Waals surface area contributed by atoms with E-state index in [9.17, 15) is 14.3 Å². The number of hydrogen-bond acceptors (Lipinski definition) is 3. The second-order valence-corrected chi connectivity index (χ2v) is 5.84. The molecule has 0 bridgehead atoms. The molecule has 0 radical (unpaired) electrons. The molecule has 98 valence electrons. The first-order valence-electron chi connectivity index (χ1n) is 5.68. The van der Waals surface area contributed by atoms with Gasteiger partial charge in [0.2, 0.25) is 0 Å². The normalized spacial score (nSPS) is 13.6. The van der Waals surface area contributed by atoms with Gasteiger partial charge >= 0.3 is 13.6 Å². The summed E-state index contributed by atoms with van der Waals surface area (Å²) in [7, 11) is -4.14. The SMILES string of the molecule is Cc1ccc(P(=O)(O)OC(=O)c2ccccc2)cc1. The molecule has 1 N–H and O–H groups in total. The van der Waals surface area contributed by atoms with E-state index < -0.39 is 13.6 Å². The summed E-state index contributed by atoms with van der Waals surface area (Å²) >= 11 is 0. The van der Waals surface area contributed by atoms with Crippen LogP contribution in [-0.4, -0.2) is 10.9 Å². The van der Waals surface area contributed by atoms with Crippen LogP contribution in [0, 0.1) is 6.92 Å². The molecule has 0 amide bonds. The molecule has 0 spiro atoms. The highest BCUT2D eigenvalue weighted by atomic mass is 31.2. The number of benzene rings is 2. The highest BCUT2D eigenvalue weighted by Crippen LogP contribution is 2.41. The van der Waals surface area contributed by atoms with Crippen molar-refractivity contribution in [2.75, 3.05) is 0 Å². The molecule has 4 nitrogen and oxygen atoms in total. The van der Waals surface area contributed by atoms with Gasteiger partial charge in [-0.25, -0.2) is 9.36 Å². The van der Waals surface area contributed by atoms with Crippen molar-refractivity contribution >= 4 is 18.9 Å². The summed E-state index contributed by atoms with van der Waals surface area (Å²) in [6.45, 7) is 1.86. The maximum atomic E-state index is 12.0. The number of aryl methyl sites for hydroxylation is 1. The largest absolute Gasteiger partial charge is 0.410 e. The predicted molar refractivity (Wildman–Crippen MR) is 72.5 cm³/mol. The van der Waals surface area contributed by atoms with Crippen molar-refractivity contribution in [2.24, 2.45) is 0 Å². The highest BCUT2D eigenvalue weighted by Gasteiger charge is 2.27. The quantitative estimate of drug-likeness (QED) is 0.875. The van der Waals surface area contributed by atoms with E-state index >= 15 is 0 Å². The molecule has 0 aromatic heterocycles. The molecular weight excluding hydrogens is 263 g/mol. The lowest BCUT2D eigenvalue weighted by molar-refractivity contribution is 0.0723. The fourth-order valence-electron chi connectivity index (χ4n) is 1.53. The zero-order chi connectivity index (χ0) is 13.9. The van der Waals surface area contributed by atoms with Crippen molar-refractivity contribution in [3.8, 4) is 0 Å². The first-order chi connectivity index (χ1) is 8.99. The Labute approximate surface area is 111 Å². The van der Waals surface area contributed by atoms with Crippen LogP contribution in [0.1, 0.15) is 15.9 Å². The molecule has 0 fully saturated rings. The first kappa shape index (κ1) is 13.5. The Morgan fingerprint density at radius 3 is 2.21 bits per heavy atom.